The minimum absolute atomic E-state index is 0.297. The standard InChI is InChI=1S/C23H26ClNO2/c1-27-19-8-9-20-18(16-19)10-13-23(22(20)26)12-4-5-14-25(23)15-11-17-6-2-3-7-21(17)24/h2-3,6-9,16H,4-5,10-15H2,1H3. The topological polar surface area (TPSA) is 29.5 Å². The number of hydrogen-bond donors (Lipinski definition) is 0. The Morgan fingerprint density at radius 1 is 1.15 bits per heavy atom. The molecule has 0 radical (unpaired) electrons. The maximum absolute atomic E-state index is 13.6. The molecule has 0 N–H and O–H groups in total. The van der Waals surface area contributed by atoms with Gasteiger partial charge in [0.2, 0.25) is 0 Å². The summed E-state index contributed by atoms with van der Waals surface area (Å²) < 4.78 is 5.34. The van der Waals surface area contributed by atoms with Crippen molar-refractivity contribution in [3.05, 3.63) is 64.2 Å². The summed E-state index contributed by atoms with van der Waals surface area (Å²) in [5.41, 5.74) is 2.82. The number of aryl methyl sites for hydroxylation is 1. The van der Waals surface area contributed by atoms with Crippen LogP contribution in [0.25, 0.3) is 0 Å². The minimum Gasteiger partial charge on any atom is -0.497 e. The van der Waals surface area contributed by atoms with Gasteiger partial charge >= 0.3 is 0 Å². The van der Waals surface area contributed by atoms with Crippen molar-refractivity contribution in [1.29, 1.82) is 0 Å². The molecule has 0 saturated carbocycles. The smallest absolute Gasteiger partial charge is 0.183 e. The molecule has 3 nitrogen and oxygen atoms in total. The number of benzene rings is 2. The Labute approximate surface area is 166 Å². The fourth-order valence-electron chi connectivity index (χ4n) is 4.75. The molecule has 1 saturated heterocycles. The molecule has 4 rings (SSSR count). The second-order valence-electron chi connectivity index (χ2n) is 7.67. The lowest BCUT2D eigenvalue weighted by Gasteiger charge is -2.48. The van der Waals surface area contributed by atoms with Crippen molar-refractivity contribution in [1.82, 2.24) is 4.90 Å². The first-order valence-electron chi connectivity index (χ1n) is 9.84. The molecular formula is C23H26ClNO2. The summed E-state index contributed by atoms with van der Waals surface area (Å²) in [5.74, 6) is 1.13. The molecule has 142 valence electrons. The van der Waals surface area contributed by atoms with Crippen molar-refractivity contribution in [2.24, 2.45) is 0 Å². The number of ketones is 1. The molecule has 2 aliphatic rings. The number of rotatable bonds is 4. The number of nitrogens with zero attached hydrogens (tertiary/aromatic N) is 1. The normalized spacial score (nSPS) is 22.7. The van der Waals surface area contributed by atoms with E-state index < -0.39 is 0 Å². The van der Waals surface area contributed by atoms with E-state index >= 15 is 0 Å². The molecule has 0 aromatic heterocycles. The zero-order valence-corrected chi connectivity index (χ0v) is 16.6. The van der Waals surface area contributed by atoms with Crippen molar-refractivity contribution in [2.45, 2.75) is 44.1 Å². The molecule has 4 heteroatoms. The average Bonchev–Trinajstić information content (AvgIpc) is 2.71. The van der Waals surface area contributed by atoms with Crippen molar-refractivity contribution in [3.63, 3.8) is 0 Å². The molecule has 1 atom stereocenters. The Morgan fingerprint density at radius 2 is 2.00 bits per heavy atom. The lowest BCUT2D eigenvalue weighted by molar-refractivity contribution is 0.0298. The average molecular weight is 384 g/mol. The van der Waals surface area contributed by atoms with Gasteiger partial charge in [0.05, 0.1) is 12.6 Å². The Bertz CT molecular complexity index is 850. The first-order valence-corrected chi connectivity index (χ1v) is 10.2. The second-order valence-corrected chi connectivity index (χ2v) is 8.08. The Morgan fingerprint density at radius 3 is 2.81 bits per heavy atom. The molecule has 0 bridgehead atoms. The molecule has 1 heterocycles. The van der Waals surface area contributed by atoms with Gasteiger partial charge in [-0.05, 0) is 80.5 Å². The summed E-state index contributed by atoms with van der Waals surface area (Å²) in [6, 6.07) is 13.9. The van der Waals surface area contributed by atoms with Crippen LogP contribution in [0.15, 0.2) is 42.5 Å². The van der Waals surface area contributed by atoms with Crippen LogP contribution in [-0.2, 0) is 12.8 Å². The highest BCUT2D eigenvalue weighted by Gasteiger charge is 2.47. The van der Waals surface area contributed by atoms with Crippen LogP contribution >= 0.6 is 11.6 Å². The summed E-state index contributed by atoms with van der Waals surface area (Å²) in [5, 5.41) is 0.816. The van der Waals surface area contributed by atoms with Crippen molar-refractivity contribution in [2.75, 3.05) is 20.2 Å². The number of methoxy groups -OCH3 is 1. The predicted molar refractivity (Wildman–Crippen MR) is 109 cm³/mol. The third-order valence-corrected chi connectivity index (χ3v) is 6.64. The van der Waals surface area contributed by atoms with Crippen LogP contribution in [0.4, 0.5) is 0 Å². The second kappa shape index (κ2) is 7.65. The third kappa shape index (κ3) is 3.39. The molecule has 2 aromatic carbocycles. The van der Waals surface area contributed by atoms with Crippen molar-refractivity contribution in [3.8, 4) is 5.75 Å². The van der Waals surface area contributed by atoms with Crippen LogP contribution in [0.1, 0.15) is 47.2 Å². The van der Waals surface area contributed by atoms with E-state index in [1.165, 1.54) is 0 Å². The van der Waals surface area contributed by atoms with E-state index in [2.05, 4.69) is 11.0 Å². The third-order valence-electron chi connectivity index (χ3n) is 6.27. The van der Waals surface area contributed by atoms with Crippen molar-refractivity contribution >= 4 is 17.4 Å². The number of carbonyl (C=O) groups is 1. The molecule has 27 heavy (non-hydrogen) atoms. The zero-order chi connectivity index (χ0) is 18.9. The quantitative estimate of drug-likeness (QED) is 0.748. The number of fused-ring (bicyclic) bond motifs is 1. The fourth-order valence-corrected chi connectivity index (χ4v) is 4.98. The first-order chi connectivity index (χ1) is 13.1. The van der Waals surface area contributed by atoms with Crippen molar-refractivity contribution < 1.29 is 9.53 Å². The van der Waals surface area contributed by atoms with Gasteiger partial charge in [-0.25, -0.2) is 0 Å². The van der Waals surface area contributed by atoms with Crippen LogP contribution in [0.3, 0.4) is 0 Å². The van der Waals surface area contributed by atoms with Crippen LogP contribution < -0.4 is 4.74 Å². The van der Waals surface area contributed by atoms with E-state index in [1.54, 1.807) is 7.11 Å². The van der Waals surface area contributed by atoms with Gasteiger partial charge in [0.25, 0.3) is 0 Å². The molecule has 1 spiro atoms. The number of ether oxygens (including phenoxy) is 1. The minimum atomic E-state index is -0.346. The number of carbonyl (C=O) groups excluding carboxylic acids is 1. The van der Waals surface area contributed by atoms with Gasteiger partial charge in [0, 0.05) is 17.1 Å². The van der Waals surface area contributed by atoms with E-state index in [4.69, 9.17) is 16.3 Å². The van der Waals surface area contributed by atoms with Gasteiger partial charge in [-0.15, -0.1) is 0 Å². The van der Waals surface area contributed by atoms with E-state index in [9.17, 15) is 4.79 Å². The van der Waals surface area contributed by atoms with E-state index in [1.807, 2.05) is 36.4 Å². The molecule has 1 aliphatic carbocycles. The Kier molecular flexibility index (Phi) is 5.25. The van der Waals surface area contributed by atoms with Crippen LogP contribution in [0, 0.1) is 0 Å². The predicted octanol–water partition coefficient (Wildman–Crippen LogP) is 4.94. The van der Waals surface area contributed by atoms with Gasteiger partial charge < -0.3 is 4.74 Å². The number of hydrogen-bond acceptors (Lipinski definition) is 3. The molecule has 2 aromatic rings. The van der Waals surface area contributed by atoms with E-state index in [-0.39, 0.29) is 5.54 Å². The highest BCUT2D eigenvalue weighted by atomic mass is 35.5. The summed E-state index contributed by atoms with van der Waals surface area (Å²) >= 11 is 6.35. The molecule has 0 amide bonds. The lowest BCUT2D eigenvalue weighted by atomic mass is 9.71. The summed E-state index contributed by atoms with van der Waals surface area (Å²) in [7, 11) is 1.67. The number of halogens is 1. The van der Waals surface area contributed by atoms with Crippen LogP contribution in [0.2, 0.25) is 5.02 Å². The molecule has 1 unspecified atom stereocenters. The van der Waals surface area contributed by atoms with Gasteiger partial charge in [-0.1, -0.05) is 29.8 Å². The number of Topliss-reactive ketones (excluding diaryl/α,β-unsaturated/α-hetero) is 1. The maximum Gasteiger partial charge on any atom is 0.183 e. The van der Waals surface area contributed by atoms with E-state index in [0.717, 1.165) is 79.1 Å². The number of piperidine rings is 1. The maximum atomic E-state index is 13.6. The lowest BCUT2D eigenvalue weighted by Crippen LogP contribution is -2.59. The molecular weight excluding hydrogens is 358 g/mol. The number of likely N-dealkylation sites (tertiary alicyclic amines) is 1. The highest BCUT2D eigenvalue weighted by Crippen LogP contribution is 2.40. The Hall–Kier alpha value is -1.84. The summed E-state index contributed by atoms with van der Waals surface area (Å²) in [6.45, 7) is 1.86. The first kappa shape index (κ1) is 18.5. The zero-order valence-electron chi connectivity index (χ0n) is 15.8. The molecule has 1 aliphatic heterocycles. The van der Waals surface area contributed by atoms with Gasteiger partial charge in [-0.2, -0.15) is 0 Å². The summed E-state index contributed by atoms with van der Waals surface area (Å²) in [4.78, 5) is 16.0. The monoisotopic (exact) mass is 383 g/mol. The fraction of sp³-hybridized carbons (Fsp3) is 0.435. The SMILES string of the molecule is COc1ccc2c(c1)CCC1(CCCCN1CCc1ccccc1Cl)C2=O. The largest absolute Gasteiger partial charge is 0.497 e. The van der Waals surface area contributed by atoms with Gasteiger partial charge in [0.1, 0.15) is 5.75 Å². The Balaban J connectivity index is 1.59. The van der Waals surface area contributed by atoms with Gasteiger partial charge in [-0.3, -0.25) is 9.69 Å². The summed E-state index contributed by atoms with van der Waals surface area (Å²) in [6.07, 6.45) is 5.95. The highest BCUT2D eigenvalue weighted by molar-refractivity contribution is 6.31. The van der Waals surface area contributed by atoms with Crippen LogP contribution in [-0.4, -0.2) is 36.4 Å². The molecule has 1 fully saturated rings. The van der Waals surface area contributed by atoms with E-state index in [0.29, 0.717) is 5.78 Å². The van der Waals surface area contributed by atoms with Gasteiger partial charge in [0.15, 0.2) is 5.78 Å². The van der Waals surface area contributed by atoms with Crippen LogP contribution in [0.5, 0.6) is 5.75 Å².